The zero-order valence-electron chi connectivity index (χ0n) is 19.3. The molecular formula is C28H18F6N2O2. The molecule has 4 aromatic carbocycles. The molecule has 2 N–H and O–H groups in total. The average molecular weight is 528 g/mol. The highest BCUT2D eigenvalue weighted by Gasteiger charge is 2.31. The molecule has 0 saturated heterocycles. The largest absolute Gasteiger partial charge is 0.416 e. The lowest BCUT2D eigenvalue weighted by atomic mass is 9.94. The summed E-state index contributed by atoms with van der Waals surface area (Å²) in [5, 5.41) is 4.89. The van der Waals surface area contributed by atoms with Crippen molar-refractivity contribution in [1.29, 1.82) is 0 Å². The smallest absolute Gasteiger partial charge is 0.322 e. The molecule has 0 spiro atoms. The van der Waals surface area contributed by atoms with Crippen LogP contribution in [-0.2, 0) is 12.4 Å². The van der Waals surface area contributed by atoms with Gasteiger partial charge in [-0.1, -0.05) is 48.5 Å². The van der Waals surface area contributed by atoms with Gasteiger partial charge in [0.05, 0.1) is 11.1 Å². The summed E-state index contributed by atoms with van der Waals surface area (Å²) in [5.41, 5.74) is -1.27. The van der Waals surface area contributed by atoms with E-state index in [0.717, 1.165) is 36.4 Å². The molecule has 0 heterocycles. The second-order valence-electron chi connectivity index (χ2n) is 8.16. The first-order chi connectivity index (χ1) is 17.9. The summed E-state index contributed by atoms with van der Waals surface area (Å²) in [6.07, 6.45) is -9.19. The fraction of sp³-hybridized carbons (Fsp3) is 0.0714. The number of anilines is 2. The maximum atomic E-state index is 13.1. The van der Waals surface area contributed by atoms with Crippen molar-refractivity contribution in [3.8, 4) is 11.1 Å². The maximum absolute atomic E-state index is 13.1. The van der Waals surface area contributed by atoms with E-state index < -0.39 is 35.3 Å². The molecule has 0 saturated carbocycles. The van der Waals surface area contributed by atoms with Crippen LogP contribution in [0.2, 0.25) is 0 Å². The van der Waals surface area contributed by atoms with Gasteiger partial charge in [0.25, 0.3) is 11.8 Å². The van der Waals surface area contributed by atoms with Gasteiger partial charge in [-0.15, -0.1) is 0 Å². The minimum atomic E-state index is -4.59. The van der Waals surface area contributed by atoms with Crippen molar-refractivity contribution >= 4 is 23.2 Å². The Balaban J connectivity index is 1.65. The zero-order chi connectivity index (χ0) is 27.5. The van der Waals surface area contributed by atoms with Crippen molar-refractivity contribution in [1.82, 2.24) is 0 Å². The van der Waals surface area contributed by atoms with Gasteiger partial charge in [0.15, 0.2) is 0 Å². The van der Waals surface area contributed by atoms with Crippen LogP contribution < -0.4 is 10.6 Å². The molecular weight excluding hydrogens is 510 g/mol. The molecule has 0 atom stereocenters. The van der Waals surface area contributed by atoms with E-state index in [2.05, 4.69) is 10.6 Å². The quantitative estimate of drug-likeness (QED) is 0.259. The Bertz CT molecular complexity index is 1380. The van der Waals surface area contributed by atoms with Crippen LogP contribution in [0.1, 0.15) is 31.8 Å². The van der Waals surface area contributed by atoms with Crippen LogP contribution in [0.3, 0.4) is 0 Å². The summed E-state index contributed by atoms with van der Waals surface area (Å²) in [6.45, 7) is 0. The first kappa shape index (κ1) is 26.5. The number of hydrogen-bond donors (Lipinski definition) is 2. The lowest BCUT2D eigenvalue weighted by Crippen LogP contribution is -2.16. The van der Waals surface area contributed by atoms with Gasteiger partial charge in [-0.2, -0.15) is 26.3 Å². The van der Waals surface area contributed by atoms with Crippen molar-refractivity contribution in [2.24, 2.45) is 0 Å². The first-order valence-corrected chi connectivity index (χ1v) is 11.1. The highest BCUT2D eigenvalue weighted by Crippen LogP contribution is 2.33. The maximum Gasteiger partial charge on any atom is 0.416 e. The normalized spacial score (nSPS) is 11.6. The van der Waals surface area contributed by atoms with Crippen LogP contribution >= 0.6 is 0 Å². The summed E-state index contributed by atoms with van der Waals surface area (Å²) >= 11 is 0. The number of benzene rings is 4. The third-order valence-corrected chi connectivity index (χ3v) is 5.53. The van der Waals surface area contributed by atoms with E-state index in [0.29, 0.717) is 11.1 Å². The Labute approximate surface area is 212 Å². The lowest BCUT2D eigenvalue weighted by molar-refractivity contribution is -0.138. The van der Waals surface area contributed by atoms with Crippen LogP contribution in [0.15, 0.2) is 97.1 Å². The van der Waals surface area contributed by atoms with E-state index in [-0.39, 0.29) is 22.5 Å². The number of halogens is 6. The SMILES string of the molecule is O=C(Nc1cccc(C(F)(F)F)c1)c1ccccc1-c1ccccc1C(=O)Nc1cccc(C(F)(F)F)c1. The van der Waals surface area contributed by atoms with Gasteiger partial charge in [-0.25, -0.2) is 0 Å². The van der Waals surface area contributed by atoms with Crippen LogP contribution in [0.5, 0.6) is 0 Å². The molecule has 0 bridgehead atoms. The van der Waals surface area contributed by atoms with E-state index in [1.165, 1.54) is 24.3 Å². The summed E-state index contributed by atoms with van der Waals surface area (Å²) < 4.78 is 78.4. The van der Waals surface area contributed by atoms with Gasteiger partial charge in [-0.05, 0) is 59.7 Å². The molecule has 4 aromatic rings. The Kier molecular flexibility index (Phi) is 7.25. The van der Waals surface area contributed by atoms with Crippen molar-refractivity contribution in [2.75, 3.05) is 10.6 Å². The van der Waals surface area contributed by atoms with Gasteiger partial charge in [-0.3, -0.25) is 9.59 Å². The molecule has 0 aromatic heterocycles. The van der Waals surface area contributed by atoms with Crippen LogP contribution in [0.25, 0.3) is 11.1 Å². The molecule has 0 radical (unpaired) electrons. The second-order valence-corrected chi connectivity index (χ2v) is 8.16. The van der Waals surface area contributed by atoms with E-state index >= 15 is 0 Å². The van der Waals surface area contributed by atoms with E-state index in [9.17, 15) is 35.9 Å². The number of amides is 2. The predicted octanol–water partition coefficient (Wildman–Crippen LogP) is 7.90. The number of hydrogen-bond acceptors (Lipinski definition) is 2. The van der Waals surface area contributed by atoms with Gasteiger partial charge < -0.3 is 10.6 Å². The van der Waals surface area contributed by atoms with Crippen molar-refractivity contribution in [2.45, 2.75) is 12.4 Å². The number of nitrogens with one attached hydrogen (secondary N) is 2. The molecule has 0 aliphatic carbocycles. The van der Waals surface area contributed by atoms with E-state index in [1.807, 2.05) is 0 Å². The predicted molar refractivity (Wildman–Crippen MR) is 131 cm³/mol. The fourth-order valence-corrected chi connectivity index (χ4v) is 3.78. The Morgan fingerprint density at radius 3 is 1.24 bits per heavy atom. The second kappa shape index (κ2) is 10.4. The highest BCUT2D eigenvalue weighted by atomic mass is 19.4. The summed E-state index contributed by atoms with van der Waals surface area (Å²) in [5.74, 6) is -1.43. The van der Waals surface area contributed by atoms with Crippen molar-refractivity contribution < 1.29 is 35.9 Å². The monoisotopic (exact) mass is 528 g/mol. The van der Waals surface area contributed by atoms with Gasteiger partial charge in [0.1, 0.15) is 0 Å². The van der Waals surface area contributed by atoms with Gasteiger partial charge in [0.2, 0.25) is 0 Å². The number of carbonyl (C=O) groups excluding carboxylic acids is 2. The molecule has 4 rings (SSSR count). The molecule has 38 heavy (non-hydrogen) atoms. The molecule has 4 nitrogen and oxygen atoms in total. The third kappa shape index (κ3) is 6.03. The van der Waals surface area contributed by atoms with Crippen molar-refractivity contribution in [3.63, 3.8) is 0 Å². The third-order valence-electron chi connectivity index (χ3n) is 5.53. The molecule has 10 heteroatoms. The van der Waals surface area contributed by atoms with E-state index in [4.69, 9.17) is 0 Å². The minimum Gasteiger partial charge on any atom is -0.322 e. The number of alkyl halides is 6. The molecule has 194 valence electrons. The van der Waals surface area contributed by atoms with Gasteiger partial charge in [0, 0.05) is 22.5 Å². The van der Waals surface area contributed by atoms with E-state index in [1.54, 1.807) is 36.4 Å². The minimum absolute atomic E-state index is 0.0734. The first-order valence-electron chi connectivity index (χ1n) is 11.1. The lowest BCUT2D eigenvalue weighted by Gasteiger charge is -2.15. The molecule has 0 fully saturated rings. The fourth-order valence-electron chi connectivity index (χ4n) is 3.78. The number of carbonyl (C=O) groups is 2. The van der Waals surface area contributed by atoms with Crippen LogP contribution in [-0.4, -0.2) is 11.8 Å². The Hall–Kier alpha value is -4.60. The number of rotatable bonds is 5. The Morgan fingerprint density at radius 2 is 0.868 bits per heavy atom. The summed E-state index contributed by atoms with van der Waals surface area (Å²) in [7, 11) is 0. The summed E-state index contributed by atoms with van der Waals surface area (Å²) in [6, 6.07) is 20.6. The highest BCUT2D eigenvalue weighted by molar-refractivity contribution is 6.13. The molecule has 0 unspecified atom stereocenters. The molecule has 2 amide bonds. The summed E-state index contributed by atoms with van der Waals surface area (Å²) in [4.78, 5) is 26.1. The van der Waals surface area contributed by atoms with Gasteiger partial charge >= 0.3 is 12.4 Å². The molecule has 0 aliphatic rings. The average Bonchev–Trinajstić information content (AvgIpc) is 2.88. The topological polar surface area (TPSA) is 58.2 Å². The Morgan fingerprint density at radius 1 is 0.500 bits per heavy atom. The van der Waals surface area contributed by atoms with Crippen LogP contribution in [0, 0.1) is 0 Å². The zero-order valence-corrected chi connectivity index (χ0v) is 19.3. The van der Waals surface area contributed by atoms with Crippen molar-refractivity contribution in [3.05, 3.63) is 119 Å². The molecule has 0 aliphatic heterocycles. The van der Waals surface area contributed by atoms with Crippen LogP contribution in [0.4, 0.5) is 37.7 Å². The standard InChI is InChI=1S/C28H18F6N2O2/c29-27(30,31)17-7-5-9-19(15-17)35-25(37)23-13-3-1-11-21(23)22-12-2-4-14-24(22)26(38)36-20-10-6-8-18(16-20)28(32,33)34/h1-16H,(H,35,37)(H,36,38).